The minimum absolute atomic E-state index is 0.0128. The normalized spacial score (nSPS) is 18.4. The van der Waals surface area contributed by atoms with Gasteiger partial charge in [-0.1, -0.05) is 11.6 Å². The molecule has 9 nitrogen and oxygen atoms in total. The van der Waals surface area contributed by atoms with Crippen LogP contribution in [0.3, 0.4) is 0 Å². The van der Waals surface area contributed by atoms with Gasteiger partial charge in [-0.25, -0.2) is 13.2 Å². The predicted octanol–water partition coefficient (Wildman–Crippen LogP) is 0.808. The SMILES string of the molecule is Cn1c(=O)c(-c2ccnn2[C@@H]2CCS(=O)(=O)C2)nn(-c2ccc(Cl)cc2)c1=O. The van der Waals surface area contributed by atoms with E-state index in [0.29, 0.717) is 22.8 Å². The first kappa shape index (κ1) is 18.6. The second-order valence-corrected chi connectivity index (χ2v) is 9.27. The summed E-state index contributed by atoms with van der Waals surface area (Å²) in [6, 6.07) is 7.67. The Balaban J connectivity index is 1.88. The Morgan fingerprint density at radius 1 is 1.14 bits per heavy atom. The van der Waals surface area contributed by atoms with Crippen LogP contribution in [0.2, 0.25) is 5.02 Å². The van der Waals surface area contributed by atoms with Crippen molar-refractivity contribution >= 4 is 21.4 Å². The molecule has 0 saturated carbocycles. The largest absolute Gasteiger partial charge is 0.351 e. The summed E-state index contributed by atoms with van der Waals surface area (Å²) in [5.41, 5.74) is -0.367. The Hall–Kier alpha value is -2.72. The van der Waals surface area contributed by atoms with Crippen LogP contribution in [0.15, 0.2) is 46.1 Å². The highest BCUT2D eigenvalue weighted by atomic mass is 35.5. The number of hydrogen-bond donors (Lipinski definition) is 0. The molecular formula is C17H16ClN5O4S. The third kappa shape index (κ3) is 3.18. The van der Waals surface area contributed by atoms with Crippen molar-refractivity contribution < 1.29 is 8.42 Å². The lowest BCUT2D eigenvalue weighted by molar-refractivity contribution is 0.502. The first-order valence-corrected chi connectivity index (χ1v) is 10.7. The van der Waals surface area contributed by atoms with E-state index in [1.807, 2.05) is 0 Å². The summed E-state index contributed by atoms with van der Waals surface area (Å²) in [5, 5.41) is 8.97. The Bertz CT molecular complexity index is 1270. The van der Waals surface area contributed by atoms with Gasteiger partial charge in [0.25, 0.3) is 5.56 Å². The standard InChI is InChI=1S/C17H16ClN5O4S/c1-21-16(24)15(20-23(17(21)25)12-4-2-11(18)3-5-12)14-6-8-19-22(14)13-7-9-28(26,27)10-13/h2-6,8,13H,7,9-10H2,1H3/t13-/m1/s1. The molecule has 0 spiro atoms. The molecule has 1 fully saturated rings. The summed E-state index contributed by atoms with van der Waals surface area (Å²) in [5.74, 6) is 0.0332. The molecule has 146 valence electrons. The second-order valence-electron chi connectivity index (χ2n) is 6.60. The van der Waals surface area contributed by atoms with Crippen LogP contribution in [0.4, 0.5) is 0 Å². The van der Waals surface area contributed by atoms with Gasteiger partial charge in [-0.05, 0) is 36.8 Å². The van der Waals surface area contributed by atoms with E-state index in [9.17, 15) is 18.0 Å². The Kier molecular flexibility index (Phi) is 4.47. The van der Waals surface area contributed by atoms with Crippen molar-refractivity contribution in [3.05, 3.63) is 62.4 Å². The van der Waals surface area contributed by atoms with E-state index in [-0.39, 0.29) is 23.2 Å². The van der Waals surface area contributed by atoms with Crippen molar-refractivity contribution in [2.75, 3.05) is 11.5 Å². The number of hydrogen-bond acceptors (Lipinski definition) is 6. The van der Waals surface area contributed by atoms with Crippen molar-refractivity contribution in [1.29, 1.82) is 0 Å². The Labute approximate surface area is 164 Å². The van der Waals surface area contributed by atoms with Crippen LogP contribution in [0, 0.1) is 0 Å². The van der Waals surface area contributed by atoms with E-state index in [1.54, 1.807) is 30.3 Å². The fraction of sp³-hybridized carbons (Fsp3) is 0.294. The zero-order valence-corrected chi connectivity index (χ0v) is 16.4. The van der Waals surface area contributed by atoms with Crippen LogP contribution in [0.5, 0.6) is 0 Å². The van der Waals surface area contributed by atoms with Gasteiger partial charge in [-0.2, -0.15) is 14.9 Å². The van der Waals surface area contributed by atoms with E-state index >= 15 is 0 Å². The maximum absolute atomic E-state index is 12.7. The number of sulfone groups is 1. The van der Waals surface area contributed by atoms with Crippen LogP contribution in [0.25, 0.3) is 17.1 Å². The fourth-order valence-electron chi connectivity index (χ4n) is 3.25. The molecular weight excluding hydrogens is 406 g/mol. The van der Waals surface area contributed by atoms with E-state index in [1.165, 1.54) is 17.9 Å². The molecule has 1 aliphatic heterocycles. The first-order chi connectivity index (χ1) is 13.3. The number of benzene rings is 1. The molecule has 1 aliphatic rings. The van der Waals surface area contributed by atoms with Crippen molar-refractivity contribution in [2.45, 2.75) is 12.5 Å². The molecule has 3 heterocycles. The zero-order chi connectivity index (χ0) is 20.1. The lowest BCUT2D eigenvalue weighted by Crippen LogP contribution is -2.40. The fourth-order valence-corrected chi connectivity index (χ4v) is 5.06. The Morgan fingerprint density at radius 2 is 1.86 bits per heavy atom. The summed E-state index contributed by atoms with van der Waals surface area (Å²) in [6.07, 6.45) is 1.90. The molecule has 0 amide bonds. The van der Waals surface area contributed by atoms with Gasteiger partial charge in [0.1, 0.15) is 0 Å². The van der Waals surface area contributed by atoms with Gasteiger partial charge in [-0.3, -0.25) is 14.0 Å². The lowest BCUT2D eigenvalue weighted by Gasteiger charge is -2.14. The molecule has 0 radical (unpaired) electrons. The van der Waals surface area contributed by atoms with Crippen molar-refractivity contribution in [2.24, 2.45) is 7.05 Å². The number of aromatic nitrogens is 5. The maximum Gasteiger partial charge on any atom is 0.351 e. The summed E-state index contributed by atoms with van der Waals surface area (Å²) >= 11 is 5.90. The second kappa shape index (κ2) is 6.71. The molecule has 0 unspecified atom stereocenters. The van der Waals surface area contributed by atoms with Crippen LogP contribution < -0.4 is 11.2 Å². The van der Waals surface area contributed by atoms with Crippen LogP contribution >= 0.6 is 11.6 Å². The summed E-state index contributed by atoms with van der Waals surface area (Å²) in [4.78, 5) is 25.3. The summed E-state index contributed by atoms with van der Waals surface area (Å²) in [6.45, 7) is 0. The monoisotopic (exact) mass is 421 g/mol. The maximum atomic E-state index is 12.7. The smallest absolute Gasteiger partial charge is 0.267 e. The van der Waals surface area contributed by atoms with Crippen LogP contribution in [-0.2, 0) is 16.9 Å². The van der Waals surface area contributed by atoms with Crippen LogP contribution in [-0.4, -0.2) is 44.1 Å². The minimum Gasteiger partial charge on any atom is -0.267 e. The molecule has 28 heavy (non-hydrogen) atoms. The molecule has 0 N–H and O–H groups in total. The highest BCUT2D eigenvalue weighted by Gasteiger charge is 2.31. The summed E-state index contributed by atoms with van der Waals surface area (Å²) in [7, 11) is -1.77. The predicted molar refractivity (Wildman–Crippen MR) is 104 cm³/mol. The number of nitrogens with zero attached hydrogens (tertiary/aromatic N) is 5. The molecule has 2 aromatic heterocycles. The molecule has 0 aliphatic carbocycles. The third-order valence-corrected chi connectivity index (χ3v) is 6.72. The van der Waals surface area contributed by atoms with E-state index < -0.39 is 21.1 Å². The third-order valence-electron chi connectivity index (χ3n) is 4.71. The van der Waals surface area contributed by atoms with Crippen molar-refractivity contribution in [3.63, 3.8) is 0 Å². The van der Waals surface area contributed by atoms with Gasteiger partial charge < -0.3 is 0 Å². The van der Waals surface area contributed by atoms with Gasteiger partial charge in [0.15, 0.2) is 15.5 Å². The molecule has 4 rings (SSSR count). The number of rotatable bonds is 3. The molecule has 3 aromatic rings. The minimum atomic E-state index is -3.13. The average molecular weight is 422 g/mol. The first-order valence-electron chi connectivity index (χ1n) is 8.47. The zero-order valence-electron chi connectivity index (χ0n) is 14.8. The molecule has 1 atom stereocenters. The molecule has 11 heteroatoms. The van der Waals surface area contributed by atoms with E-state index in [0.717, 1.165) is 9.25 Å². The van der Waals surface area contributed by atoms with Gasteiger partial charge in [-0.15, -0.1) is 0 Å². The topological polar surface area (TPSA) is 109 Å². The molecule has 0 bridgehead atoms. The van der Waals surface area contributed by atoms with E-state index in [2.05, 4.69) is 10.2 Å². The lowest BCUT2D eigenvalue weighted by atomic mass is 10.2. The van der Waals surface area contributed by atoms with E-state index in [4.69, 9.17) is 11.6 Å². The quantitative estimate of drug-likeness (QED) is 0.619. The van der Waals surface area contributed by atoms with Crippen molar-refractivity contribution in [3.8, 4) is 17.1 Å². The van der Waals surface area contributed by atoms with Gasteiger partial charge >= 0.3 is 5.69 Å². The van der Waals surface area contributed by atoms with Gasteiger partial charge in [0.05, 0.1) is 28.9 Å². The van der Waals surface area contributed by atoms with Crippen LogP contribution in [0.1, 0.15) is 12.5 Å². The average Bonchev–Trinajstić information content (AvgIpc) is 3.27. The van der Waals surface area contributed by atoms with Crippen molar-refractivity contribution in [1.82, 2.24) is 24.1 Å². The van der Waals surface area contributed by atoms with Gasteiger partial charge in [0.2, 0.25) is 0 Å². The highest BCUT2D eigenvalue weighted by molar-refractivity contribution is 7.91. The molecule has 1 saturated heterocycles. The summed E-state index contributed by atoms with van der Waals surface area (Å²) < 4.78 is 27.2. The Morgan fingerprint density at radius 3 is 2.50 bits per heavy atom. The van der Waals surface area contributed by atoms with Gasteiger partial charge in [0, 0.05) is 18.3 Å². The number of halogens is 1. The molecule has 1 aromatic carbocycles. The highest BCUT2D eigenvalue weighted by Crippen LogP contribution is 2.27.